The fourth-order valence-corrected chi connectivity index (χ4v) is 2.76. The van der Waals surface area contributed by atoms with Crippen molar-refractivity contribution in [2.45, 2.75) is 59.8 Å². The normalized spacial score (nSPS) is 15.2. The lowest BCUT2D eigenvalue weighted by Crippen LogP contribution is -2.39. The summed E-state index contributed by atoms with van der Waals surface area (Å²) >= 11 is 0. The predicted octanol–water partition coefficient (Wildman–Crippen LogP) is 5.82. The SMILES string of the molecule is C=C(C)c1ccccc1C(C)(CC)C(C)(C)CC. The smallest absolute Gasteiger partial charge is 0.00209 e. The Kier molecular flexibility index (Phi) is 4.42. The molecule has 1 atom stereocenters. The quantitative estimate of drug-likeness (QED) is 0.612. The molecule has 0 saturated carbocycles. The minimum absolute atomic E-state index is 0.192. The second-order valence-electron chi connectivity index (χ2n) is 6.25. The lowest BCUT2D eigenvalue weighted by molar-refractivity contribution is 0.163. The van der Waals surface area contributed by atoms with E-state index in [9.17, 15) is 0 Å². The summed E-state index contributed by atoms with van der Waals surface area (Å²) < 4.78 is 0. The fourth-order valence-electron chi connectivity index (χ4n) is 2.76. The zero-order chi connectivity index (χ0) is 14.0. The van der Waals surface area contributed by atoms with Gasteiger partial charge < -0.3 is 0 Å². The maximum atomic E-state index is 4.14. The highest BCUT2D eigenvalue weighted by molar-refractivity contribution is 5.66. The highest BCUT2D eigenvalue weighted by atomic mass is 14.4. The van der Waals surface area contributed by atoms with Crippen molar-refractivity contribution in [3.63, 3.8) is 0 Å². The van der Waals surface area contributed by atoms with E-state index in [2.05, 4.69) is 72.4 Å². The summed E-state index contributed by atoms with van der Waals surface area (Å²) in [6.45, 7) is 18.0. The number of benzene rings is 1. The molecular formula is C18H28. The summed E-state index contributed by atoms with van der Waals surface area (Å²) in [6.07, 6.45) is 2.33. The van der Waals surface area contributed by atoms with Gasteiger partial charge in [-0.15, -0.1) is 0 Å². The van der Waals surface area contributed by atoms with Gasteiger partial charge in [0.15, 0.2) is 0 Å². The maximum Gasteiger partial charge on any atom is -0.00209 e. The van der Waals surface area contributed by atoms with E-state index < -0.39 is 0 Å². The summed E-state index contributed by atoms with van der Waals surface area (Å²) in [6, 6.07) is 8.76. The Balaban J connectivity index is 3.46. The van der Waals surface area contributed by atoms with Crippen LogP contribution in [0.4, 0.5) is 0 Å². The molecule has 0 radical (unpaired) electrons. The standard InChI is InChI=1S/C18H28/c1-8-17(5,6)18(7,9-2)16-13-11-10-12-15(16)14(3)4/h10-13H,3,8-9H2,1-2,4-7H3. The van der Waals surface area contributed by atoms with Gasteiger partial charge in [-0.3, -0.25) is 0 Å². The van der Waals surface area contributed by atoms with Crippen molar-refractivity contribution in [1.29, 1.82) is 0 Å². The summed E-state index contributed by atoms with van der Waals surface area (Å²) in [4.78, 5) is 0. The van der Waals surface area contributed by atoms with Gasteiger partial charge in [0.25, 0.3) is 0 Å². The molecule has 18 heavy (non-hydrogen) atoms. The predicted molar refractivity (Wildman–Crippen MR) is 82.9 cm³/mol. The van der Waals surface area contributed by atoms with Crippen LogP contribution in [0.25, 0.3) is 5.57 Å². The van der Waals surface area contributed by atoms with E-state index in [0.29, 0.717) is 0 Å². The monoisotopic (exact) mass is 244 g/mol. The van der Waals surface area contributed by atoms with Gasteiger partial charge in [0, 0.05) is 0 Å². The molecule has 0 amide bonds. The van der Waals surface area contributed by atoms with E-state index in [-0.39, 0.29) is 10.8 Å². The van der Waals surface area contributed by atoms with Gasteiger partial charge in [-0.2, -0.15) is 0 Å². The maximum absolute atomic E-state index is 4.14. The van der Waals surface area contributed by atoms with E-state index in [1.54, 1.807) is 0 Å². The molecule has 0 aliphatic carbocycles. The Morgan fingerprint density at radius 3 is 2.06 bits per heavy atom. The molecule has 0 spiro atoms. The molecule has 0 saturated heterocycles. The van der Waals surface area contributed by atoms with Crippen LogP contribution in [-0.2, 0) is 5.41 Å². The van der Waals surface area contributed by atoms with E-state index in [1.807, 2.05) is 0 Å². The first-order valence-electron chi connectivity index (χ1n) is 7.05. The van der Waals surface area contributed by atoms with Crippen molar-refractivity contribution in [3.05, 3.63) is 42.0 Å². The Morgan fingerprint density at radius 1 is 1.06 bits per heavy atom. The van der Waals surface area contributed by atoms with Crippen molar-refractivity contribution in [2.75, 3.05) is 0 Å². The molecule has 0 N–H and O–H groups in total. The topological polar surface area (TPSA) is 0 Å². The Morgan fingerprint density at radius 2 is 1.61 bits per heavy atom. The highest BCUT2D eigenvalue weighted by Crippen LogP contribution is 2.48. The van der Waals surface area contributed by atoms with Crippen LogP contribution in [0, 0.1) is 5.41 Å². The molecule has 0 aliphatic rings. The van der Waals surface area contributed by atoms with Gasteiger partial charge in [-0.25, -0.2) is 0 Å². The average Bonchev–Trinajstić information content (AvgIpc) is 2.37. The molecule has 0 fully saturated rings. The first-order chi connectivity index (χ1) is 8.30. The number of hydrogen-bond acceptors (Lipinski definition) is 0. The van der Waals surface area contributed by atoms with Crippen LogP contribution in [0.1, 0.15) is 65.5 Å². The third-order valence-electron chi connectivity index (χ3n) is 5.07. The van der Waals surface area contributed by atoms with Gasteiger partial charge in [-0.1, -0.05) is 77.5 Å². The van der Waals surface area contributed by atoms with Crippen LogP contribution >= 0.6 is 0 Å². The van der Waals surface area contributed by atoms with Crippen molar-refractivity contribution in [3.8, 4) is 0 Å². The molecule has 1 aromatic rings. The molecule has 0 aromatic heterocycles. The van der Waals surface area contributed by atoms with E-state index in [1.165, 1.54) is 17.5 Å². The van der Waals surface area contributed by atoms with Crippen LogP contribution in [-0.4, -0.2) is 0 Å². The average molecular weight is 244 g/mol. The molecule has 0 aliphatic heterocycles. The summed E-state index contributed by atoms with van der Waals surface area (Å²) in [5.41, 5.74) is 4.41. The number of hydrogen-bond donors (Lipinski definition) is 0. The summed E-state index contributed by atoms with van der Waals surface area (Å²) in [7, 11) is 0. The van der Waals surface area contributed by atoms with Crippen LogP contribution < -0.4 is 0 Å². The fraction of sp³-hybridized carbons (Fsp3) is 0.556. The minimum atomic E-state index is 0.192. The zero-order valence-electron chi connectivity index (χ0n) is 12.9. The molecule has 0 nitrogen and oxygen atoms in total. The molecular weight excluding hydrogens is 216 g/mol. The van der Waals surface area contributed by atoms with Gasteiger partial charge >= 0.3 is 0 Å². The van der Waals surface area contributed by atoms with Crippen molar-refractivity contribution in [1.82, 2.24) is 0 Å². The van der Waals surface area contributed by atoms with Crippen molar-refractivity contribution < 1.29 is 0 Å². The first kappa shape index (κ1) is 15.0. The third kappa shape index (κ3) is 2.39. The van der Waals surface area contributed by atoms with E-state index in [4.69, 9.17) is 0 Å². The van der Waals surface area contributed by atoms with Crippen LogP contribution in [0.15, 0.2) is 30.8 Å². The molecule has 1 aromatic carbocycles. The van der Waals surface area contributed by atoms with Crippen molar-refractivity contribution in [2.24, 2.45) is 5.41 Å². The third-order valence-corrected chi connectivity index (χ3v) is 5.07. The summed E-state index contributed by atoms with van der Waals surface area (Å²) in [5, 5.41) is 0. The Hall–Kier alpha value is -1.04. The Bertz CT molecular complexity index is 425. The first-order valence-corrected chi connectivity index (χ1v) is 7.05. The Labute approximate surface area is 113 Å². The number of allylic oxidation sites excluding steroid dienone is 1. The van der Waals surface area contributed by atoms with E-state index >= 15 is 0 Å². The van der Waals surface area contributed by atoms with Crippen LogP contribution in [0.2, 0.25) is 0 Å². The molecule has 100 valence electrons. The van der Waals surface area contributed by atoms with Gasteiger partial charge in [0.1, 0.15) is 0 Å². The highest BCUT2D eigenvalue weighted by Gasteiger charge is 2.40. The largest absolute Gasteiger partial charge is 0.0955 e. The molecule has 0 heteroatoms. The minimum Gasteiger partial charge on any atom is -0.0955 e. The van der Waals surface area contributed by atoms with Crippen molar-refractivity contribution >= 4 is 5.57 Å². The second kappa shape index (κ2) is 5.30. The molecule has 0 bridgehead atoms. The molecule has 1 unspecified atom stereocenters. The van der Waals surface area contributed by atoms with Gasteiger partial charge in [-0.05, 0) is 35.3 Å². The lowest BCUT2D eigenvalue weighted by atomic mass is 9.59. The van der Waals surface area contributed by atoms with Crippen LogP contribution in [0.3, 0.4) is 0 Å². The second-order valence-corrected chi connectivity index (χ2v) is 6.25. The van der Waals surface area contributed by atoms with Crippen LogP contribution in [0.5, 0.6) is 0 Å². The van der Waals surface area contributed by atoms with Gasteiger partial charge in [0.2, 0.25) is 0 Å². The van der Waals surface area contributed by atoms with Gasteiger partial charge in [0.05, 0.1) is 0 Å². The zero-order valence-corrected chi connectivity index (χ0v) is 12.9. The van der Waals surface area contributed by atoms with E-state index in [0.717, 1.165) is 12.0 Å². The molecule has 1 rings (SSSR count). The summed E-state index contributed by atoms with van der Waals surface area (Å²) in [5.74, 6) is 0. The molecule has 0 heterocycles. The number of rotatable bonds is 5. The lowest BCUT2D eigenvalue weighted by Gasteiger charge is -2.45.